The summed E-state index contributed by atoms with van der Waals surface area (Å²) in [5.74, 6) is -2.57. The molecule has 1 fully saturated rings. The van der Waals surface area contributed by atoms with E-state index in [0.29, 0.717) is 37.5 Å². The normalized spacial score (nSPS) is 17.4. The van der Waals surface area contributed by atoms with Crippen molar-refractivity contribution >= 4 is 33.7 Å². The van der Waals surface area contributed by atoms with E-state index in [4.69, 9.17) is 9.57 Å². The molecule has 2 unspecified atom stereocenters. The minimum Gasteiger partial charge on any atom is -0.383 e. The van der Waals surface area contributed by atoms with Crippen LogP contribution < -0.4 is 16.1 Å². The van der Waals surface area contributed by atoms with Crippen molar-refractivity contribution in [2.24, 2.45) is 0 Å². The molecule has 0 spiro atoms. The van der Waals surface area contributed by atoms with Gasteiger partial charge in [-0.3, -0.25) is 19.8 Å². The van der Waals surface area contributed by atoms with Crippen molar-refractivity contribution in [3.05, 3.63) is 75.9 Å². The standard InChI is InChI=1S/C25H27BrF2N6O4/c1-37-11-10-33-13-17(15-8-9-18(27)19(28)12-15)20(14-33)29-25(36)30-23-21(26)22(24(35)32-38-2)31-34(23)16-6-4-3-5-7-16/h3-9,12,17,20H,10-11,13-14H2,1-2H3,(H,32,35)(H2,29,30,36). The first kappa shape index (κ1) is 27.6. The Labute approximate surface area is 226 Å². The second-order valence-electron chi connectivity index (χ2n) is 8.63. The van der Waals surface area contributed by atoms with Gasteiger partial charge in [-0.15, -0.1) is 0 Å². The van der Waals surface area contributed by atoms with Gasteiger partial charge in [0.2, 0.25) is 0 Å². The second kappa shape index (κ2) is 12.4. The highest BCUT2D eigenvalue weighted by atomic mass is 79.9. The molecule has 0 saturated carbocycles. The predicted molar refractivity (Wildman–Crippen MR) is 139 cm³/mol. The quantitative estimate of drug-likeness (QED) is 0.328. The number of hydrogen-bond donors (Lipinski definition) is 3. The van der Waals surface area contributed by atoms with Crippen molar-refractivity contribution in [1.29, 1.82) is 0 Å². The largest absolute Gasteiger partial charge is 0.383 e. The molecule has 13 heteroatoms. The molecule has 0 bridgehead atoms. The molecule has 1 saturated heterocycles. The van der Waals surface area contributed by atoms with Crippen molar-refractivity contribution in [1.82, 2.24) is 25.5 Å². The number of aromatic nitrogens is 2. The van der Waals surface area contributed by atoms with Gasteiger partial charge in [-0.2, -0.15) is 5.10 Å². The summed E-state index contributed by atoms with van der Waals surface area (Å²) in [5.41, 5.74) is 3.39. The molecule has 0 radical (unpaired) electrons. The number of halogens is 3. The Bertz CT molecular complexity index is 1290. The lowest BCUT2D eigenvalue weighted by atomic mass is 9.94. The fraction of sp³-hybridized carbons (Fsp3) is 0.320. The van der Waals surface area contributed by atoms with E-state index in [9.17, 15) is 18.4 Å². The smallest absolute Gasteiger partial charge is 0.320 e. The number of nitrogens with one attached hydrogen (secondary N) is 3. The predicted octanol–water partition coefficient (Wildman–Crippen LogP) is 3.44. The van der Waals surface area contributed by atoms with E-state index in [2.05, 4.69) is 42.0 Å². The van der Waals surface area contributed by atoms with E-state index >= 15 is 0 Å². The summed E-state index contributed by atoms with van der Waals surface area (Å²) in [6.07, 6.45) is 0. The lowest BCUT2D eigenvalue weighted by molar-refractivity contribution is 0.0531. The maximum absolute atomic E-state index is 14.0. The number of methoxy groups -OCH3 is 1. The molecule has 1 aliphatic rings. The number of urea groups is 1. The highest BCUT2D eigenvalue weighted by molar-refractivity contribution is 9.10. The van der Waals surface area contributed by atoms with Gasteiger partial charge in [0.25, 0.3) is 5.91 Å². The van der Waals surface area contributed by atoms with Gasteiger partial charge >= 0.3 is 6.03 Å². The van der Waals surface area contributed by atoms with Gasteiger partial charge in [-0.05, 0) is 45.8 Å². The zero-order valence-corrected chi connectivity index (χ0v) is 22.3. The first-order valence-electron chi connectivity index (χ1n) is 11.7. The second-order valence-corrected chi connectivity index (χ2v) is 9.42. The fourth-order valence-electron chi connectivity index (χ4n) is 4.38. The number of rotatable bonds is 9. The lowest BCUT2D eigenvalue weighted by Crippen LogP contribution is -2.42. The first-order valence-corrected chi connectivity index (χ1v) is 12.5. The van der Waals surface area contributed by atoms with Gasteiger partial charge in [0.15, 0.2) is 23.1 Å². The van der Waals surface area contributed by atoms with E-state index in [0.717, 1.165) is 12.1 Å². The number of hydrogen-bond acceptors (Lipinski definition) is 6. The van der Waals surface area contributed by atoms with E-state index in [1.165, 1.54) is 17.9 Å². The highest BCUT2D eigenvalue weighted by Crippen LogP contribution is 2.31. The van der Waals surface area contributed by atoms with E-state index in [1.807, 2.05) is 6.07 Å². The number of anilines is 1. The molecule has 0 aliphatic carbocycles. The average Bonchev–Trinajstić information content (AvgIpc) is 3.45. The van der Waals surface area contributed by atoms with Crippen LogP contribution in [0.3, 0.4) is 0 Å². The van der Waals surface area contributed by atoms with Crippen molar-refractivity contribution in [2.45, 2.75) is 12.0 Å². The number of carbonyl (C=O) groups is 2. The number of likely N-dealkylation sites (tertiary alicyclic amines) is 1. The van der Waals surface area contributed by atoms with Crippen LogP contribution in [0.25, 0.3) is 5.69 Å². The van der Waals surface area contributed by atoms with Crippen LogP contribution in [0, 0.1) is 11.6 Å². The van der Waals surface area contributed by atoms with Crippen molar-refractivity contribution in [2.75, 3.05) is 45.8 Å². The van der Waals surface area contributed by atoms with Crippen molar-refractivity contribution in [3.8, 4) is 5.69 Å². The van der Waals surface area contributed by atoms with E-state index in [1.54, 1.807) is 31.4 Å². The Balaban J connectivity index is 1.59. The fourth-order valence-corrected chi connectivity index (χ4v) is 4.90. The Morgan fingerprint density at radius 3 is 2.55 bits per heavy atom. The van der Waals surface area contributed by atoms with Crippen LogP contribution >= 0.6 is 15.9 Å². The van der Waals surface area contributed by atoms with Crippen LogP contribution in [-0.4, -0.2) is 73.1 Å². The summed E-state index contributed by atoms with van der Waals surface area (Å²) < 4.78 is 34.4. The Kier molecular flexibility index (Phi) is 9.05. The van der Waals surface area contributed by atoms with Crippen molar-refractivity contribution < 1.29 is 27.9 Å². The van der Waals surface area contributed by atoms with Crippen molar-refractivity contribution in [3.63, 3.8) is 0 Å². The molecule has 1 aliphatic heterocycles. The molecule has 2 heterocycles. The van der Waals surface area contributed by atoms with Crippen LogP contribution in [0.1, 0.15) is 22.0 Å². The SMILES string of the molecule is COCCN1CC(NC(=O)Nc2c(Br)c(C(=O)NOC)nn2-c2ccccc2)C(c2ccc(F)c(F)c2)C1. The van der Waals surface area contributed by atoms with Gasteiger partial charge in [0, 0.05) is 32.7 Å². The first-order chi connectivity index (χ1) is 18.3. The number of carbonyl (C=O) groups excluding carboxylic acids is 2. The number of nitrogens with zero attached hydrogens (tertiary/aromatic N) is 3. The maximum atomic E-state index is 14.0. The highest BCUT2D eigenvalue weighted by Gasteiger charge is 2.35. The zero-order chi connectivity index (χ0) is 27.2. The molecule has 2 atom stereocenters. The van der Waals surface area contributed by atoms with Gasteiger partial charge in [0.1, 0.15) is 0 Å². The average molecular weight is 593 g/mol. The Hall–Kier alpha value is -3.39. The van der Waals surface area contributed by atoms with Crippen LogP contribution in [0.15, 0.2) is 53.0 Å². The summed E-state index contributed by atoms with van der Waals surface area (Å²) in [6, 6.07) is 11.7. The summed E-state index contributed by atoms with van der Waals surface area (Å²) in [4.78, 5) is 32.5. The topological polar surface area (TPSA) is 110 Å². The third-order valence-corrected chi connectivity index (χ3v) is 6.92. The lowest BCUT2D eigenvalue weighted by Gasteiger charge is -2.21. The monoisotopic (exact) mass is 592 g/mol. The van der Waals surface area contributed by atoms with Crippen LogP contribution in [0.2, 0.25) is 0 Å². The maximum Gasteiger partial charge on any atom is 0.320 e. The molecule has 38 heavy (non-hydrogen) atoms. The molecule has 4 rings (SSSR count). The number of para-hydroxylation sites is 1. The number of hydroxylamine groups is 1. The number of ether oxygens (including phenoxy) is 1. The van der Waals surface area contributed by atoms with Crippen LogP contribution in [-0.2, 0) is 9.57 Å². The molecule has 202 valence electrons. The van der Waals surface area contributed by atoms with Gasteiger partial charge in [-0.1, -0.05) is 24.3 Å². The summed E-state index contributed by atoms with van der Waals surface area (Å²) >= 11 is 3.37. The molecule has 3 N–H and O–H groups in total. The third kappa shape index (κ3) is 6.18. The zero-order valence-electron chi connectivity index (χ0n) is 20.7. The third-order valence-electron chi connectivity index (χ3n) is 6.17. The molecule has 1 aromatic heterocycles. The number of amides is 3. The minimum absolute atomic E-state index is 0.00252. The minimum atomic E-state index is -0.946. The molecule has 3 aromatic rings. The molecule has 3 amide bonds. The van der Waals surface area contributed by atoms with E-state index in [-0.39, 0.29) is 21.9 Å². The summed E-state index contributed by atoms with van der Waals surface area (Å²) in [6.45, 7) is 2.09. The van der Waals surface area contributed by atoms with Gasteiger partial charge in [0.05, 0.1) is 29.9 Å². The Morgan fingerprint density at radius 1 is 1.11 bits per heavy atom. The summed E-state index contributed by atoms with van der Waals surface area (Å²) in [7, 11) is 2.90. The molecular weight excluding hydrogens is 566 g/mol. The van der Waals surface area contributed by atoms with Crippen LogP contribution in [0.5, 0.6) is 0 Å². The number of benzene rings is 2. The Morgan fingerprint density at radius 2 is 1.87 bits per heavy atom. The van der Waals surface area contributed by atoms with Gasteiger partial charge in [-0.25, -0.2) is 23.7 Å². The molecular formula is C25H27BrF2N6O4. The molecule has 10 nitrogen and oxygen atoms in total. The summed E-state index contributed by atoms with van der Waals surface area (Å²) in [5, 5.41) is 10.1. The van der Waals surface area contributed by atoms with Gasteiger partial charge < -0.3 is 10.1 Å². The van der Waals surface area contributed by atoms with E-state index < -0.39 is 29.6 Å². The molecule has 2 aromatic carbocycles. The van der Waals surface area contributed by atoms with Crippen LogP contribution in [0.4, 0.5) is 19.4 Å².